The van der Waals surface area contributed by atoms with Gasteiger partial charge in [-0.05, 0) is 69.7 Å². The normalized spacial score (nSPS) is 19.8. The van der Waals surface area contributed by atoms with E-state index < -0.39 is 0 Å². The maximum Gasteiger partial charge on any atom is 0.228 e. The fourth-order valence-corrected chi connectivity index (χ4v) is 3.56. The molecule has 3 rings (SSSR count). The Balaban J connectivity index is 1.51. The molecule has 2 aromatic rings. The number of anilines is 2. The summed E-state index contributed by atoms with van der Waals surface area (Å²) in [5.74, 6) is 0.966. The summed E-state index contributed by atoms with van der Waals surface area (Å²) in [6, 6.07) is 7.73. The second-order valence-electron chi connectivity index (χ2n) is 7.23. The van der Waals surface area contributed by atoms with Crippen molar-refractivity contribution in [2.75, 3.05) is 10.6 Å². The lowest BCUT2D eigenvalue weighted by Gasteiger charge is -2.26. The molecule has 2 amide bonds. The van der Waals surface area contributed by atoms with Gasteiger partial charge in [0.25, 0.3) is 0 Å². The SMILES string of the molecule is Cc1cc(C)cc(NC(=O)C2CCC(C(=O)Nc3cc(C)on3)CC2)c1. The zero-order chi connectivity index (χ0) is 18.7. The maximum atomic E-state index is 12.5. The molecule has 2 N–H and O–H groups in total. The number of amides is 2. The molecule has 1 fully saturated rings. The average molecular weight is 355 g/mol. The molecule has 0 saturated heterocycles. The van der Waals surface area contributed by atoms with E-state index in [1.54, 1.807) is 13.0 Å². The summed E-state index contributed by atoms with van der Waals surface area (Å²) in [7, 11) is 0. The molecule has 1 aromatic heterocycles. The van der Waals surface area contributed by atoms with Crippen molar-refractivity contribution in [2.24, 2.45) is 11.8 Å². The van der Waals surface area contributed by atoms with Gasteiger partial charge in [0.05, 0.1) is 0 Å². The highest BCUT2D eigenvalue weighted by molar-refractivity contribution is 5.94. The van der Waals surface area contributed by atoms with Gasteiger partial charge in [-0.25, -0.2) is 0 Å². The molecule has 1 saturated carbocycles. The lowest BCUT2D eigenvalue weighted by Crippen LogP contribution is -2.32. The van der Waals surface area contributed by atoms with Gasteiger partial charge in [0, 0.05) is 23.6 Å². The Hall–Kier alpha value is -2.63. The highest BCUT2D eigenvalue weighted by Crippen LogP contribution is 2.30. The second kappa shape index (κ2) is 7.72. The molecular weight excluding hydrogens is 330 g/mol. The van der Waals surface area contributed by atoms with Crippen molar-refractivity contribution in [3.63, 3.8) is 0 Å². The van der Waals surface area contributed by atoms with Crippen LogP contribution in [0, 0.1) is 32.6 Å². The summed E-state index contributed by atoms with van der Waals surface area (Å²) in [5.41, 5.74) is 3.10. The van der Waals surface area contributed by atoms with Gasteiger partial charge in [-0.2, -0.15) is 0 Å². The van der Waals surface area contributed by atoms with Crippen LogP contribution in [-0.2, 0) is 9.59 Å². The second-order valence-corrected chi connectivity index (χ2v) is 7.23. The summed E-state index contributed by atoms with van der Waals surface area (Å²) in [5, 5.41) is 9.59. The number of nitrogens with zero attached hydrogens (tertiary/aromatic N) is 1. The summed E-state index contributed by atoms with van der Waals surface area (Å²) in [6.07, 6.45) is 2.83. The quantitative estimate of drug-likeness (QED) is 0.869. The van der Waals surface area contributed by atoms with Crippen molar-refractivity contribution in [3.05, 3.63) is 41.2 Å². The molecule has 0 spiro atoms. The van der Waals surface area contributed by atoms with Gasteiger partial charge >= 0.3 is 0 Å². The first-order valence-corrected chi connectivity index (χ1v) is 9.04. The number of rotatable bonds is 4. The van der Waals surface area contributed by atoms with E-state index in [2.05, 4.69) is 21.9 Å². The van der Waals surface area contributed by atoms with Crippen LogP contribution in [-0.4, -0.2) is 17.0 Å². The van der Waals surface area contributed by atoms with Crippen molar-refractivity contribution < 1.29 is 14.1 Å². The third-order valence-corrected chi connectivity index (χ3v) is 4.84. The zero-order valence-electron chi connectivity index (χ0n) is 15.5. The Labute approximate surface area is 153 Å². The lowest BCUT2D eigenvalue weighted by atomic mass is 9.81. The van der Waals surface area contributed by atoms with Crippen LogP contribution in [0.2, 0.25) is 0 Å². The number of carbonyl (C=O) groups is 2. The Morgan fingerprint density at radius 3 is 1.92 bits per heavy atom. The molecule has 1 aliphatic rings. The van der Waals surface area contributed by atoms with Gasteiger partial charge in [0.2, 0.25) is 11.8 Å². The molecule has 0 atom stereocenters. The minimum atomic E-state index is -0.0859. The predicted molar refractivity (Wildman–Crippen MR) is 99.9 cm³/mol. The Morgan fingerprint density at radius 1 is 0.885 bits per heavy atom. The summed E-state index contributed by atoms with van der Waals surface area (Å²) in [6.45, 7) is 5.81. The first-order valence-electron chi connectivity index (χ1n) is 9.04. The zero-order valence-corrected chi connectivity index (χ0v) is 15.5. The largest absolute Gasteiger partial charge is 0.360 e. The van der Waals surface area contributed by atoms with Crippen LogP contribution in [0.15, 0.2) is 28.8 Å². The van der Waals surface area contributed by atoms with Crippen molar-refractivity contribution in [1.29, 1.82) is 0 Å². The molecule has 0 radical (unpaired) electrons. The Bertz CT molecular complexity index is 784. The molecule has 1 aromatic carbocycles. The van der Waals surface area contributed by atoms with Crippen LogP contribution >= 0.6 is 0 Å². The lowest BCUT2D eigenvalue weighted by molar-refractivity contribution is -0.125. The smallest absolute Gasteiger partial charge is 0.228 e. The standard InChI is InChI=1S/C20H25N3O3/c1-12-8-13(2)10-17(9-12)21-19(24)15-4-6-16(7-5-15)20(25)22-18-11-14(3)26-23-18/h8-11,15-16H,4-7H2,1-3H3,(H,21,24)(H,22,23,25). The molecule has 0 bridgehead atoms. The van der Waals surface area contributed by atoms with E-state index in [0.717, 1.165) is 16.8 Å². The third kappa shape index (κ3) is 4.50. The van der Waals surface area contributed by atoms with E-state index in [4.69, 9.17) is 4.52 Å². The number of hydrogen-bond acceptors (Lipinski definition) is 4. The van der Waals surface area contributed by atoms with E-state index in [9.17, 15) is 9.59 Å². The van der Waals surface area contributed by atoms with E-state index in [1.807, 2.05) is 26.0 Å². The molecule has 1 aliphatic carbocycles. The minimum Gasteiger partial charge on any atom is -0.360 e. The molecule has 6 nitrogen and oxygen atoms in total. The number of benzene rings is 1. The van der Waals surface area contributed by atoms with E-state index in [-0.39, 0.29) is 23.7 Å². The van der Waals surface area contributed by atoms with Gasteiger partial charge < -0.3 is 15.2 Å². The molecule has 6 heteroatoms. The fourth-order valence-electron chi connectivity index (χ4n) is 3.56. The summed E-state index contributed by atoms with van der Waals surface area (Å²) < 4.78 is 4.96. The Kier molecular flexibility index (Phi) is 5.40. The van der Waals surface area contributed by atoms with Gasteiger partial charge in [0.1, 0.15) is 5.76 Å². The van der Waals surface area contributed by atoms with Gasteiger partial charge in [-0.1, -0.05) is 11.2 Å². The monoisotopic (exact) mass is 355 g/mol. The van der Waals surface area contributed by atoms with E-state index in [0.29, 0.717) is 37.3 Å². The summed E-state index contributed by atoms with van der Waals surface area (Å²) >= 11 is 0. The van der Waals surface area contributed by atoms with Crippen LogP contribution in [0.1, 0.15) is 42.6 Å². The number of hydrogen-bond donors (Lipinski definition) is 2. The third-order valence-electron chi connectivity index (χ3n) is 4.84. The van der Waals surface area contributed by atoms with Crippen molar-refractivity contribution in [1.82, 2.24) is 5.16 Å². The van der Waals surface area contributed by atoms with Crippen LogP contribution < -0.4 is 10.6 Å². The average Bonchev–Trinajstić information content (AvgIpc) is 2.99. The van der Waals surface area contributed by atoms with Crippen molar-refractivity contribution >= 4 is 23.3 Å². The van der Waals surface area contributed by atoms with Crippen LogP contribution in [0.4, 0.5) is 11.5 Å². The van der Waals surface area contributed by atoms with Crippen LogP contribution in [0.5, 0.6) is 0 Å². The first kappa shape index (κ1) is 18.2. The number of aromatic nitrogens is 1. The van der Waals surface area contributed by atoms with Gasteiger partial charge in [0.15, 0.2) is 5.82 Å². The Morgan fingerprint density at radius 2 is 1.42 bits per heavy atom. The number of carbonyl (C=O) groups excluding carboxylic acids is 2. The molecule has 1 heterocycles. The fraction of sp³-hybridized carbons (Fsp3) is 0.450. The number of nitrogens with one attached hydrogen (secondary N) is 2. The predicted octanol–water partition coefficient (Wildman–Crippen LogP) is 3.98. The maximum absolute atomic E-state index is 12.5. The van der Waals surface area contributed by atoms with Crippen molar-refractivity contribution in [2.45, 2.75) is 46.5 Å². The first-order chi connectivity index (χ1) is 12.4. The van der Waals surface area contributed by atoms with Gasteiger partial charge in [-0.3, -0.25) is 9.59 Å². The van der Waals surface area contributed by atoms with Crippen molar-refractivity contribution in [3.8, 4) is 0 Å². The van der Waals surface area contributed by atoms with E-state index >= 15 is 0 Å². The molecule has 26 heavy (non-hydrogen) atoms. The number of aryl methyl sites for hydroxylation is 3. The van der Waals surface area contributed by atoms with Gasteiger partial charge in [-0.15, -0.1) is 0 Å². The highest BCUT2D eigenvalue weighted by Gasteiger charge is 2.30. The molecule has 0 aliphatic heterocycles. The molecule has 0 unspecified atom stereocenters. The van der Waals surface area contributed by atoms with E-state index in [1.165, 1.54) is 0 Å². The van der Waals surface area contributed by atoms with Crippen LogP contribution in [0.3, 0.4) is 0 Å². The molecular formula is C20H25N3O3. The minimum absolute atomic E-state index is 0.0426. The van der Waals surface area contributed by atoms with Crippen LogP contribution in [0.25, 0.3) is 0 Å². The highest BCUT2D eigenvalue weighted by atomic mass is 16.5. The summed E-state index contributed by atoms with van der Waals surface area (Å²) in [4.78, 5) is 24.9. The molecule has 138 valence electrons. The topological polar surface area (TPSA) is 84.2 Å².